The van der Waals surface area contributed by atoms with Gasteiger partial charge in [0.05, 0.1) is 11.6 Å². The summed E-state index contributed by atoms with van der Waals surface area (Å²) in [6.07, 6.45) is 2.43. The zero-order valence-electron chi connectivity index (χ0n) is 12.1. The molecule has 5 heteroatoms. The van der Waals surface area contributed by atoms with Gasteiger partial charge in [0, 0.05) is 31.8 Å². The molecule has 1 aromatic carbocycles. The number of nitrogens with zero attached hydrogens (tertiary/aromatic N) is 2. The van der Waals surface area contributed by atoms with Crippen LogP contribution in [-0.4, -0.2) is 42.2 Å². The molecule has 112 valence electrons. The lowest BCUT2D eigenvalue weighted by molar-refractivity contribution is -0.116. The average molecular weight is 287 g/mol. The Kier molecular flexibility index (Phi) is 5.73. The van der Waals surface area contributed by atoms with Crippen molar-refractivity contribution >= 4 is 11.6 Å². The normalized spacial score (nSPS) is 18.4. The largest absolute Gasteiger partial charge is 0.396 e. The van der Waals surface area contributed by atoms with Gasteiger partial charge in [0.15, 0.2) is 0 Å². The Morgan fingerprint density at radius 2 is 2.19 bits per heavy atom. The molecule has 0 spiro atoms. The number of carbonyl (C=O) groups excluding carboxylic acids is 1. The number of hydrogen-bond donors (Lipinski definition) is 2. The molecule has 0 bridgehead atoms. The van der Waals surface area contributed by atoms with E-state index in [2.05, 4.69) is 10.2 Å². The third-order valence-corrected chi connectivity index (χ3v) is 3.86. The minimum absolute atomic E-state index is 0.00897. The van der Waals surface area contributed by atoms with Crippen LogP contribution in [0.3, 0.4) is 0 Å². The molecule has 2 N–H and O–H groups in total. The van der Waals surface area contributed by atoms with Crippen LogP contribution in [0.5, 0.6) is 0 Å². The van der Waals surface area contributed by atoms with Crippen LogP contribution in [-0.2, 0) is 4.79 Å². The minimum Gasteiger partial charge on any atom is -0.396 e. The monoisotopic (exact) mass is 287 g/mol. The quantitative estimate of drug-likeness (QED) is 0.833. The number of hydrogen-bond acceptors (Lipinski definition) is 4. The van der Waals surface area contributed by atoms with Crippen LogP contribution in [0.4, 0.5) is 5.69 Å². The highest BCUT2D eigenvalue weighted by Crippen LogP contribution is 2.19. The second kappa shape index (κ2) is 7.77. The summed E-state index contributed by atoms with van der Waals surface area (Å²) in [5, 5.41) is 20.5. The second-order valence-corrected chi connectivity index (χ2v) is 5.45. The number of anilines is 1. The van der Waals surface area contributed by atoms with Gasteiger partial charge >= 0.3 is 0 Å². The van der Waals surface area contributed by atoms with Crippen LogP contribution >= 0.6 is 0 Å². The maximum absolute atomic E-state index is 11.9. The van der Waals surface area contributed by atoms with Crippen molar-refractivity contribution in [2.24, 2.45) is 5.92 Å². The van der Waals surface area contributed by atoms with E-state index in [1.54, 1.807) is 24.3 Å². The van der Waals surface area contributed by atoms with Gasteiger partial charge < -0.3 is 15.3 Å². The van der Waals surface area contributed by atoms with Crippen molar-refractivity contribution in [3.8, 4) is 6.07 Å². The molecular weight excluding hydrogens is 266 g/mol. The fraction of sp³-hybridized carbons (Fsp3) is 0.500. The van der Waals surface area contributed by atoms with E-state index in [0.29, 0.717) is 17.9 Å². The molecule has 1 aromatic rings. The Morgan fingerprint density at radius 3 is 2.86 bits per heavy atom. The highest BCUT2D eigenvalue weighted by molar-refractivity contribution is 5.90. The fourth-order valence-corrected chi connectivity index (χ4v) is 2.65. The topological polar surface area (TPSA) is 76.4 Å². The third-order valence-electron chi connectivity index (χ3n) is 3.86. The number of nitriles is 1. The zero-order chi connectivity index (χ0) is 15.1. The molecule has 1 unspecified atom stereocenters. The summed E-state index contributed by atoms with van der Waals surface area (Å²) in [6, 6.07) is 8.91. The number of carbonyl (C=O) groups is 1. The SMILES string of the molecule is N#Cc1ccc(NC(=O)CCN2CCC(CCO)C2)cc1. The summed E-state index contributed by atoms with van der Waals surface area (Å²) in [6.45, 7) is 2.99. The predicted molar refractivity (Wildman–Crippen MR) is 80.7 cm³/mol. The van der Waals surface area contributed by atoms with Crippen molar-refractivity contribution in [1.29, 1.82) is 5.26 Å². The van der Waals surface area contributed by atoms with Gasteiger partial charge in [-0.05, 0) is 49.6 Å². The first-order valence-electron chi connectivity index (χ1n) is 7.34. The third kappa shape index (κ3) is 4.85. The van der Waals surface area contributed by atoms with Gasteiger partial charge in [-0.2, -0.15) is 5.26 Å². The van der Waals surface area contributed by atoms with Crippen molar-refractivity contribution < 1.29 is 9.90 Å². The van der Waals surface area contributed by atoms with Gasteiger partial charge in [-0.15, -0.1) is 0 Å². The Bertz CT molecular complexity index is 507. The van der Waals surface area contributed by atoms with Gasteiger partial charge in [-0.1, -0.05) is 0 Å². The van der Waals surface area contributed by atoms with E-state index in [4.69, 9.17) is 10.4 Å². The highest BCUT2D eigenvalue weighted by atomic mass is 16.3. The molecule has 0 saturated carbocycles. The molecular formula is C16H21N3O2. The lowest BCUT2D eigenvalue weighted by Gasteiger charge is -2.15. The van der Waals surface area contributed by atoms with Crippen molar-refractivity contribution in [3.05, 3.63) is 29.8 Å². The standard InChI is InChI=1S/C16H21N3O2/c17-11-13-1-3-15(4-2-13)18-16(21)6-9-19-8-5-14(12-19)7-10-20/h1-4,14,20H,5-10,12H2,(H,18,21). The van der Waals surface area contributed by atoms with Crippen molar-refractivity contribution in [1.82, 2.24) is 4.90 Å². The van der Waals surface area contributed by atoms with Gasteiger partial charge in [0.25, 0.3) is 0 Å². The van der Waals surface area contributed by atoms with E-state index in [9.17, 15) is 4.79 Å². The van der Waals surface area contributed by atoms with Crippen LogP contribution in [0.2, 0.25) is 0 Å². The van der Waals surface area contributed by atoms with E-state index >= 15 is 0 Å². The summed E-state index contributed by atoms with van der Waals surface area (Å²) in [4.78, 5) is 14.2. The molecule has 5 nitrogen and oxygen atoms in total. The van der Waals surface area contributed by atoms with E-state index in [1.807, 2.05) is 6.07 Å². The van der Waals surface area contributed by atoms with Gasteiger partial charge in [-0.25, -0.2) is 0 Å². The molecule has 1 amide bonds. The van der Waals surface area contributed by atoms with Crippen molar-refractivity contribution in [2.45, 2.75) is 19.3 Å². The Balaban J connectivity index is 1.71. The van der Waals surface area contributed by atoms with E-state index in [-0.39, 0.29) is 12.5 Å². The molecule has 1 heterocycles. The molecule has 0 aliphatic carbocycles. The molecule has 0 radical (unpaired) electrons. The first-order valence-corrected chi connectivity index (χ1v) is 7.34. The van der Waals surface area contributed by atoms with Gasteiger partial charge in [0.2, 0.25) is 5.91 Å². The van der Waals surface area contributed by atoms with Crippen LogP contribution in [0.25, 0.3) is 0 Å². The molecule has 1 aliphatic rings. The molecule has 21 heavy (non-hydrogen) atoms. The second-order valence-electron chi connectivity index (χ2n) is 5.45. The molecule has 1 atom stereocenters. The van der Waals surface area contributed by atoms with Crippen molar-refractivity contribution in [3.63, 3.8) is 0 Å². The zero-order valence-corrected chi connectivity index (χ0v) is 12.1. The number of aliphatic hydroxyl groups is 1. The Morgan fingerprint density at radius 1 is 1.43 bits per heavy atom. The Hall–Kier alpha value is -1.90. The van der Waals surface area contributed by atoms with Gasteiger partial charge in [-0.3, -0.25) is 4.79 Å². The van der Waals surface area contributed by atoms with E-state index in [1.165, 1.54) is 0 Å². The first-order chi connectivity index (χ1) is 10.2. The summed E-state index contributed by atoms with van der Waals surface area (Å²) in [7, 11) is 0. The lowest BCUT2D eigenvalue weighted by atomic mass is 10.1. The summed E-state index contributed by atoms with van der Waals surface area (Å²) >= 11 is 0. The number of nitrogens with one attached hydrogen (secondary N) is 1. The number of amides is 1. The summed E-state index contributed by atoms with van der Waals surface area (Å²) in [5.41, 5.74) is 1.30. The number of benzene rings is 1. The number of likely N-dealkylation sites (tertiary alicyclic amines) is 1. The molecule has 2 rings (SSSR count). The fourth-order valence-electron chi connectivity index (χ4n) is 2.65. The van der Waals surface area contributed by atoms with Crippen molar-refractivity contribution in [2.75, 3.05) is 31.6 Å². The van der Waals surface area contributed by atoms with Crippen LogP contribution in [0, 0.1) is 17.2 Å². The molecule has 0 aromatic heterocycles. The average Bonchev–Trinajstić information content (AvgIpc) is 2.94. The van der Waals surface area contributed by atoms with E-state index < -0.39 is 0 Å². The van der Waals surface area contributed by atoms with Gasteiger partial charge in [0.1, 0.15) is 0 Å². The number of rotatable bonds is 6. The highest BCUT2D eigenvalue weighted by Gasteiger charge is 2.21. The lowest BCUT2D eigenvalue weighted by Crippen LogP contribution is -2.26. The maximum Gasteiger partial charge on any atom is 0.225 e. The van der Waals surface area contributed by atoms with Crippen LogP contribution in [0.1, 0.15) is 24.8 Å². The van der Waals surface area contributed by atoms with Crippen LogP contribution in [0.15, 0.2) is 24.3 Å². The van der Waals surface area contributed by atoms with E-state index in [0.717, 1.165) is 38.2 Å². The maximum atomic E-state index is 11.9. The molecule has 1 saturated heterocycles. The van der Waals surface area contributed by atoms with Crippen LogP contribution < -0.4 is 5.32 Å². The molecule has 1 fully saturated rings. The predicted octanol–water partition coefficient (Wildman–Crippen LogP) is 1.59. The Labute approximate surface area is 125 Å². The number of aliphatic hydroxyl groups excluding tert-OH is 1. The summed E-state index contributed by atoms with van der Waals surface area (Å²) < 4.78 is 0. The minimum atomic E-state index is -0.00897. The first kappa shape index (κ1) is 15.5. The molecule has 1 aliphatic heterocycles. The summed E-state index contributed by atoms with van der Waals surface area (Å²) in [5.74, 6) is 0.557. The smallest absolute Gasteiger partial charge is 0.225 e.